The first-order chi connectivity index (χ1) is 9.41. The molecule has 102 valence electrons. The highest BCUT2D eigenvalue weighted by Crippen LogP contribution is 2.32. The van der Waals surface area contributed by atoms with Crippen molar-refractivity contribution in [1.82, 2.24) is 0 Å². The van der Waals surface area contributed by atoms with Gasteiger partial charge in [0.1, 0.15) is 11.5 Å². The van der Waals surface area contributed by atoms with Gasteiger partial charge in [0.2, 0.25) is 0 Å². The summed E-state index contributed by atoms with van der Waals surface area (Å²) in [6.07, 6.45) is 0. The normalized spacial score (nSPS) is 10.2. The van der Waals surface area contributed by atoms with E-state index in [4.69, 9.17) is 16.7 Å². The van der Waals surface area contributed by atoms with Crippen LogP contribution in [0, 0.1) is 0 Å². The van der Waals surface area contributed by atoms with Crippen molar-refractivity contribution in [1.29, 1.82) is 0 Å². The van der Waals surface area contributed by atoms with Crippen LogP contribution in [0.25, 0.3) is 0 Å². The number of carboxylic acids is 1. The molecule has 3 N–H and O–H groups in total. The quantitative estimate of drug-likeness (QED) is 0.756. The van der Waals surface area contributed by atoms with E-state index in [-0.39, 0.29) is 27.5 Å². The highest BCUT2D eigenvalue weighted by molar-refractivity contribution is 6.32. The lowest BCUT2D eigenvalue weighted by atomic mass is 9.97. The molecule has 2 aromatic carbocycles. The fourth-order valence-electron chi connectivity index (χ4n) is 1.75. The van der Waals surface area contributed by atoms with Crippen molar-refractivity contribution in [3.63, 3.8) is 0 Å². The lowest BCUT2D eigenvalue weighted by Gasteiger charge is -2.08. The predicted octanol–water partition coefficient (Wildman–Crippen LogP) is 2.68. The first-order valence-electron chi connectivity index (χ1n) is 5.50. The zero-order valence-corrected chi connectivity index (χ0v) is 10.8. The van der Waals surface area contributed by atoms with Crippen LogP contribution in [-0.2, 0) is 0 Å². The van der Waals surface area contributed by atoms with Crippen LogP contribution in [0.1, 0.15) is 26.3 Å². The fourth-order valence-corrected chi connectivity index (χ4v) is 1.91. The van der Waals surface area contributed by atoms with Crippen LogP contribution in [0.15, 0.2) is 36.4 Å². The van der Waals surface area contributed by atoms with Crippen LogP contribution >= 0.6 is 11.6 Å². The molecule has 0 amide bonds. The monoisotopic (exact) mass is 292 g/mol. The molecule has 6 heteroatoms. The first-order valence-corrected chi connectivity index (χ1v) is 5.88. The molecule has 0 atom stereocenters. The van der Waals surface area contributed by atoms with Gasteiger partial charge in [-0.05, 0) is 12.1 Å². The van der Waals surface area contributed by atoms with Gasteiger partial charge in [0.05, 0.1) is 16.1 Å². The van der Waals surface area contributed by atoms with Crippen LogP contribution in [0.3, 0.4) is 0 Å². The molecule has 0 aromatic heterocycles. The van der Waals surface area contributed by atoms with Crippen LogP contribution in [0.5, 0.6) is 11.5 Å². The van der Waals surface area contributed by atoms with Gasteiger partial charge in [0.15, 0.2) is 5.78 Å². The summed E-state index contributed by atoms with van der Waals surface area (Å²) >= 11 is 5.69. The minimum absolute atomic E-state index is 0.0722. The average molecular weight is 293 g/mol. The lowest BCUT2D eigenvalue weighted by molar-refractivity contribution is 0.0692. The Morgan fingerprint density at radius 3 is 2.10 bits per heavy atom. The zero-order chi connectivity index (χ0) is 14.9. The number of aromatic carboxylic acids is 1. The number of rotatable bonds is 3. The van der Waals surface area contributed by atoms with Gasteiger partial charge in [0, 0.05) is 11.6 Å². The van der Waals surface area contributed by atoms with Gasteiger partial charge in [-0.3, -0.25) is 4.79 Å². The molecule has 0 radical (unpaired) electrons. The number of ketones is 1. The Bertz CT molecular complexity index is 709. The molecule has 0 bridgehead atoms. The molecular weight excluding hydrogens is 284 g/mol. The molecular formula is C14H9ClO5. The molecule has 0 aliphatic heterocycles. The summed E-state index contributed by atoms with van der Waals surface area (Å²) in [4.78, 5) is 23.4. The van der Waals surface area contributed by atoms with Crippen LogP contribution in [-0.4, -0.2) is 27.1 Å². The van der Waals surface area contributed by atoms with E-state index < -0.39 is 17.5 Å². The van der Waals surface area contributed by atoms with Crippen molar-refractivity contribution in [2.75, 3.05) is 0 Å². The number of aromatic hydroxyl groups is 2. The third-order valence-corrected chi connectivity index (χ3v) is 3.01. The Balaban J connectivity index is 2.58. The highest BCUT2D eigenvalue weighted by Gasteiger charge is 2.21. The number of hydrogen-bond acceptors (Lipinski definition) is 4. The van der Waals surface area contributed by atoms with Crippen molar-refractivity contribution in [2.24, 2.45) is 0 Å². The van der Waals surface area contributed by atoms with Crippen molar-refractivity contribution in [3.8, 4) is 11.5 Å². The second-order valence-corrected chi connectivity index (χ2v) is 4.41. The molecule has 0 unspecified atom stereocenters. The molecule has 20 heavy (non-hydrogen) atoms. The smallest absolute Gasteiger partial charge is 0.336 e. The molecule has 0 heterocycles. The van der Waals surface area contributed by atoms with E-state index >= 15 is 0 Å². The second-order valence-electron chi connectivity index (χ2n) is 4.00. The van der Waals surface area contributed by atoms with Crippen molar-refractivity contribution < 1.29 is 24.9 Å². The van der Waals surface area contributed by atoms with Gasteiger partial charge in [-0.15, -0.1) is 0 Å². The maximum atomic E-state index is 12.3. The van der Waals surface area contributed by atoms with Crippen LogP contribution in [0.2, 0.25) is 5.02 Å². The molecule has 0 fully saturated rings. The summed E-state index contributed by atoms with van der Waals surface area (Å²) in [5.41, 5.74) is -0.431. The van der Waals surface area contributed by atoms with E-state index in [1.54, 1.807) is 0 Å². The van der Waals surface area contributed by atoms with Crippen LogP contribution in [0.4, 0.5) is 0 Å². The first kappa shape index (κ1) is 13.9. The Labute approximate surface area is 118 Å². The number of benzene rings is 2. The van der Waals surface area contributed by atoms with Gasteiger partial charge in [0.25, 0.3) is 0 Å². The van der Waals surface area contributed by atoms with Crippen LogP contribution < -0.4 is 0 Å². The lowest BCUT2D eigenvalue weighted by Crippen LogP contribution is -2.09. The van der Waals surface area contributed by atoms with E-state index in [2.05, 4.69) is 0 Å². The molecule has 0 saturated heterocycles. The van der Waals surface area contributed by atoms with Gasteiger partial charge in [-0.2, -0.15) is 0 Å². The number of carboxylic acid groups (broad SMARTS) is 1. The minimum Gasteiger partial charge on any atom is -0.507 e. The molecule has 0 saturated carbocycles. The van der Waals surface area contributed by atoms with Gasteiger partial charge in [-0.25, -0.2) is 4.79 Å². The van der Waals surface area contributed by atoms with Crippen molar-refractivity contribution in [3.05, 3.63) is 58.1 Å². The second kappa shape index (κ2) is 5.22. The summed E-state index contributed by atoms with van der Waals surface area (Å²) in [7, 11) is 0. The molecule has 5 nitrogen and oxygen atoms in total. The highest BCUT2D eigenvalue weighted by atomic mass is 35.5. The third-order valence-electron chi connectivity index (χ3n) is 2.71. The molecule has 0 aliphatic carbocycles. The Kier molecular flexibility index (Phi) is 3.63. The van der Waals surface area contributed by atoms with E-state index in [1.165, 1.54) is 24.3 Å². The molecule has 0 aliphatic rings. The van der Waals surface area contributed by atoms with Gasteiger partial charge in [-0.1, -0.05) is 29.8 Å². The largest absolute Gasteiger partial charge is 0.507 e. The van der Waals surface area contributed by atoms with Gasteiger partial charge < -0.3 is 15.3 Å². The summed E-state index contributed by atoms with van der Waals surface area (Å²) < 4.78 is 0. The maximum Gasteiger partial charge on any atom is 0.336 e. The summed E-state index contributed by atoms with van der Waals surface area (Å²) in [6, 6.07) is 7.65. The summed E-state index contributed by atoms with van der Waals surface area (Å²) in [5, 5.41) is 27.9. The number of halogens is 1. The maximum absolute atomic E-state index is 12.3. The van der Waals surface area contributed by atoms with Gasteiger partial charge >= 0.3 is 5.97 Å². The molecule has 2 rings (SSSR count). The van der Waals surface area contributed by atoms with Crippen molar-refractivity contribution >= 4 is 23.4 Å². The van der Waals surface area contributed by atoms with E-state index in [9.17, 15) is 19.8 Å². The number of phenols is 2. The average Bonchev–Trinajstić information content (AvgIpc) is 2.42. The Morgan fingerprint density at radius 1 is 0.900 bits per heavy atom. The minimum atomic E-state index is -1.25. The fraction of sp³-hybridized carbons (Fsp3) is 0. The SMILES string of the molecule is O=C(O)c1ccccc1C(=O)c1cc(Cl)c(O)cc1O. The summed E-state index contributed by atoms with van der Waals surface area (Å²) in [5.74, 6) is -2.79. The standard InChI is InChI=1S/C14H9ClO5/c15-10-5-9(11(16)6-12(10)17)13(18)7-3-1-2-4-8(7)14(19)20/h1-6,16-17H,(H,19,20). The molecule has 2 aromatic rings. The summed E-state index contributed by atoms with van der Waals surface area (Å²) in [6.45, 7) is 0. The zero-order valence-electron chi connectivity index (χ0n) is 10.0. The topological polar surface area (TPSA) is 94.8 Å². The Hall–Kier alpha value is -2.53. The number of carbonyl (C=O) groups is 2. The van der Waals surface area contributed by atoms with E-state index in [0.29, 0.717) is 0 Å². The number of carbonyl (C=O) groups excluding carboxylic acids is 1. The molecule has 0 spiro atoms. The Morgan fingerprint density at radius 2 is 1.50 bits per heavy atom. The van der Waals surface area contributed by atoms with Crippen molar-refractivity contribution in [2.45, 2.75) is 0 Å². The predicted molar refractivity (Wildman–Crippen MR) is 71.6 cm³/mol. The van der Waals surface area contributed by atoms with E-state index in [0.717, 1.165) is 12.1 Å². The third kappa shape index (κ3) is 2.44. The number of phenolic OH excluding ortho intramolecular Hbond substituents is 2. The number of hydrogen-bond donors (Lipinski definition) is 3. The van der Waals surface area contributed by atoms with E-state index in [1.807, 2.05) is 0 Å².